The van der Waals surface area contributed by atoms with Crippen molar-refractivity contribution in [2.24, 2.45) is 0 Å². The second-order valence-corrected chi connectivity index (χ2v) is 12.7. The highest BCUT2D eigenvalue weighted by Crippen LogP contribution is 2.35. The number of methoxy groups -OCH3 is 1. The average Bonchev–Trinajstić information content (AvgIpc) is 3.62. The number of fused-ring (bicyclic) bond motifs is 1. The number of carbonyl (C=O) groups is 2. The summed E-state index contributed by atoms with van der Waals surface area (Å²) >= 11 is 13.2. The zero-order valence-electron chi connectivity index (χ0n) is 24.5. The quantitative estimate of drug-likeness (QED) is 0.294. The molecule has 2 amide bonds. The Morgan fingerprint density at radius 3 is 2.69 bits per heavy atom. The summed E-state index contributed by atoms with van der Waals surface area (Å²) in [6.07, 6.45) is 2.12. The highest BCUT2D eigenvalue weighted by Gasteiger charge is 2.35. The Kier molecular flexibility index (Phi) is 8.84. The van der Waals surface area contributed by atoms with E-state index in [0.717, 1.165) is 42.5 Å². The Bertz CT molecular complexity index is 1490. The number of carbonyl (C=O) groups excluding carboxylic acids is 2. The van der Waals surface area contributed by atoms with Crippen LogP contribution >= 0.6 is 23.2 Å². The highest BCUT2D eigenvalue weighted by atomic mass is 35.5. The van der Waals surface area contributed by atoms with Crippen molar-refractivity contribution in [3.8, 4) is 0 Å². The van der Waals surface area contributed by atoms with Crippen LogP contribution in [0.15, 0.2) is 24.8 Å². The molecule has 0 saturated carbocycles. The molecule has 0 spiro atoms. The number of aromatic amines is 1. The van der Waals surface area contributed by atoms with E-state index in [1.807, 2.05) is 10.6 Å². The molecule has 1 unspecified atom stereocenters. The van der Waals surface area contributed by atoms with E-state index in [-0.39, 0.29) is 34.5 Å². The second-order valence-electron chi connectivity index (χ2n) is 11.9. The number of benzene rings is 1. The third-order valence-corrected chi connectivity index (χ3v) is 8.53. The molecule has 0 aliphatic carbocycles. The fourth-order valence-electron chi connectivity index (χ4n) is 5.66. The first-order valence-corrected chi connectivity index (χ1v) is 14.9. The molecule has 3 aromatic rings. The van der Waals surface area contributed by atoms with E-state index in [1.54, 1.807) is 12.0 Å². The number of halogens is 2. The molecule has 2 aliphatic rings. The smallest absolute Gasteiger partial charge is 0.271 e. The summed E-state index contributed by atoms with van der Waals surface area (Å²) in [6.45, 7) is 14.1. The molecule has 1 aromatic carbocycles. The van der Waals surface area contributed by atoms with Gasteiger partial charge in [-0.1, -0.05) is 50.6 Å². The lowest BCUT2D eigenvalue weighted by Crippen LogP contribution is -2.60. The lowest BCUT2D eigenvalue weighted by Gasteiger charge is -2.39. The molecule has 2 fully saturated rings. The van der Waals surface area contributed by atoms with E-state index in [9.17, 15) is 9.59 Å². The predicted molar refractivity (Wildman–Crippen MR) is 164 cm³/mol. The van der Waals surface area contributed by atoms with E-state index in [0.29, 0.717) is 48.6 Å². The van der Waals surface area contributed by atoms with Crippen LogP contribution in [-0.2, 0) is 21.5 Å². The molecule has 2 aromatic heterocycles. The minimum Gasteiger partial charge on any atom is -0.383 e. The predicted octanol–water partition coefficient (Wildman–Crippen LogP) is 4.00. The second kappa shape index (κ2) is 12.2. The van der Waals surface area contributed by atoms with Gasteiger partial charge in [0.15, 0.2) is 11.0 Å². The van der Waals surface area contributed by atoms with Gasteiger partial charge in [0.2, 0.25) is 5.91 Å². The maximum atomic E-state index is 13.6. The SMILES string of the molecule is C=CC(=O)N1CC(NC(=O)c2c(Cl)nc(CNc3n[nH]c4cc(Cl)c(C(C)(C)C)cc34)n2C2CCN(CCOC)C2)C1. The first-order valence-electron chi connectivity index (χ1n) is 14.1. The first-order chi connectivity index (χ1) is 20.0. The first kappa shape index (κ1) is 30.3. The van der Waals surface area contributed by atoms with Crippen LogP contribution in [0.5, 0.6) is 0 Å². The number of imidazole rings is 1. The largest absolute Gasteiger partial charge is 0.383 e. The van der Waals surface area contributed by atoms with Crippen LogP contribution < -0.4 is 10.6 Å². The van der Waals surface area contributed by atoms with Gasteiger partial charge in [-0.15, -0.1) is 0 Å². The molecule has 2 aliphatic heterocycles. The third kappa shape index (κ3) is 6.15. The minimum absolute atomic E-state index is 0.00173. The number of aromatic nitrogens is 4. The summed E-state index contributed by atoms with van der Waals surface area (Å²) in [5.41, 5.74) is 2.04. The van der Waals surface area contributed by atoms with Crippen molar-refractivity contribution < 1.29 is 14.3 Å². The van der Waals surface area contributed by atoms with E-state index in [2.05, 4.69) is 64.1 Å². The van der Waals surface area contributed by atoms with E-state index in [4.69, 9.17) is 27.9 Å². The van der Waals surface area contributed by atoms with Gasteiger partial charge >= 0.3 is 0 Å². The molecule has 42 heavy (non-hydrogen) atoms. The maximum absolute atomic E-state index is 13.6. The average molecular weight is 618 g/mol. The molecule has 0 bridgehead atoms. The van der Waals surface area contributed by atoms with Crippen LogP contribution in [0.3, 0.4) is 0 Å². The monoisotopic (exact) mass is 616 g/mol. The number of anilines is 1. The number of hydrogen-bond donors (Lipinski definition) is 3. The molecule has 4 heterocycles. The molecule has 3 N–H and O–H groups in total. The van der Waals surface area contributed by atoms with Gasteiger partial charge in [-0.3, -0.25) is 19.6 Å². The summed E-state index contributed by atoms with van der Waals surface area (Å²) in [5.74, 6) is 0.849. The van der Waals surface area contributed by atoms with Gasteiger partial charge in [0, 0.05) is 56.3 Å². The molecule has 1 atom stereocenters. The molecule has 13 heteroatoms. The zero-order valence-corrected chi connectivity index (χ0v) is 26.0. The maximum Gasteiger partial charge on any atom is 0.271 e. The van der Waals surface area contributed by atoms with Crippen molar-refractivity contribution in [1.29, 1.82) is 0 Å². The summed E-state index contributed by atoms with van der Waals surface area (Å²) in [6, 6.07) is 3.80. The molecule has 5 rings (SSSR count). The van der Waals surface area contributed by atoms with Gasteiger partial charge in [-0.2, -0.15) is 5.10 Å². The van der Waals surface area contributed by atoms with Crippen molar-refractivity contribution >= 4 is 51.7 Å². The third-order valence-electron chi connectivity index (χ3n) is 7.96. The van der Waals surface area contributed by atoms with Crippen LogP contribution in [0.4, 0.5) is 5.82 Å². The van der Waals surface area contributed by atoms with Crippen LogP contribution in [0.1, 0.15) is 55.1 Å². The van der Waals surface area contributed by atoms with Gasteiger partial charge in [0.1, 0.15) is 11.5 Å². The fourth-order valence-corrected chi connectivity index (χ4v) is 6.38. The minimum atomic E-state index is -0.306. The number of ether oxygens (including phenoxy) is 1. The van der Waals surface area contributed by atoms with E-state index in [1.165, 1.54) is 6.08 Å². The number of nitrogens with zero attached hydrogens (tertiary/aromatic N) is 5. The van der Waals surface area contributed by atoms with E-state index >= 15 is 0 Å². The molecule has 0 radical (unpaired) electrons. The van der Waals surface area contributed by atoms with Crippen LogP contribution in [0.25, 0.3) is 10.9 Å². The van der Waals surface area contributed by atoms with Crippen molar-refractivity contribution in [3.05, 3.63) is 52.0 Å². The number of nitrogens with one attached hydrogen (secondary N) is 3. The summed E-state index contributed by atoms with van der Waals surface area (Å²) < 4.78 is 7.24. The zero-order chi connectivity index (χ0) is 30.2. The van der Waals surface area contributed by atoms with Crippen molar-refractivity contribution in [1.82, 2.24) is 34.9 Å². The highest BCUT2D eigenvalue weighted by molar-refractivity contribution is 6.32. The normalized spacial score (nSPS) is 18.0. The summed E-state index contributed by atoms with van der Waals surface area (Å²) in [7, 11) is 1.69. The Hall–Kier alpha value is -3.12. The fraction of sp³-hybridized carbons (Fsp3) is 0.517. The van der Waals surface area contributed by atoms with Crippen LogP contribution in [0.2, 0.25) is 10.2 Å². The molecule has 11 nitrogen and oxygen atoms in total. The van der Waals surface area contributed by atoms with Gasteiger partial charge in [0.05, 0.1) is 24.7 Å². The number of amides is 2. The van der Waals surface area contributed by atoms with Crippen molar-refractivity contribution in [3.63, 3.8) is 0 Å². The number of likely N-dealkylation sites (tertiary alicyclic amines) is 2. The van der Waals surface area contributed by atoms with Gasteiger partial charge in [-0.05, 0) is 35.6 Å². The van der Waals surface area contributed by atoms with Crippen LogP contribution in [-0.4, -0.2) is 93.8 Å². The van der Waals surface area contributed by atoms with Gasteiger partial charge in [0.25, 0.3) is 5.91 Å². The number of H-pyrrole nitrogens is 1. The number of hydrogen-bond acceptors (Lipinski definition) is 7. The molecule has 2 saturated heterocycles. The van der Waals surface area contributed by atoms with Crippen LogP contribution in [0, 0.1) is 0 Å². The Balaban J connectivity index is 1.40. The molecule has 226 valence electrons. The standard InChI is InChI=1S/C29H38Cl2N8O3/c1-6-24(40)38-14-17(15-38)33-28(41)25-26(31)34-23(39(25)18-7-8-37(16-18)9-10-42-5)13-32-27-19-11-20(29(2,3)4)21(30)12-22(19)35-36-27/h6,11-12,17-18H,1,7-10,13-16H2,2-5H3,(H,33,41)(H2,32,35,36). The summed E-state index contributed by atoms with van der Waals surface area (Å²) in [4.78, 5) is 34.0. The Morgan fingerprint density at radius 1 is 1.24 bits per heavy atom. The lowest BCUT2D eigenvalue weighted by atomic mass is 9.86. The van der Waals surface area contributed by atoms with E-state index < -0.39 is 0 Å². The lowest BCUT2D eigenvalue weighted by molar-refractivity contribution is -0.130. The van der Waals surface area contributed by atoms with Crippen molar-refractivity contribution in [2.75, 3.05) is 51.8 Å². The topological polar surface area (TPSA) is 120 Å². The Morgan fingerprint density at radius 2 is 2.00 bits per heavy atom. The summed E-state index contributed by atoms with van der Waals surface area (Å²) in [5, 5.41) is 15.7. The molecular weight excluding hydrogens is 579 g/mol. The molecular formula is C29H38Cl2N8O3. The van der Waals surface area contributed by atoms with Gasteiger partial charge < -0.3 is 24.8 Å². The number of rotatable bonds is 10. The van der Waals surface area contributed by atoms with Gasteiger partial charge in [-0.25, -0.2) is 4.98 Å². The Labute approximate surface area is 255 Å². The van der Waals surface area contributed by atoms with Crippen molar-refractivity contribution in [2.45, 2.75) is 51.2 Å².